The van der Waals surface area contributed by atoms with Crippen molar-refractivity contribution in [3.05, 3.63) is 55.8 Å². The van der Waals surface area contributed by atoms with Gasteiger partial charge in [0, 0.05) is 35.5 Å². The molecule has 0 radical (unpaired) electrons. The van der Waals surface area contributed by atoms with Crippen molar-refractivity contribution in [2.45, 2.75) is 52.2 Å². The number of rotatable bonds is 4. The van der Waals surface area contributed by atoms with Gasteiger partial charge in [-0.3, -0.25) is 19.6 Å². The Morgan fingerprint density at radius 2 is 2.23 bits per heavy atom. The maximum atomic E-state index is 13.1. The molecular formula is C22H27N5O2S. The lowest BCUT2D eigenvalue weighted by Gasteiger charge is -2.29. The van der Waals surface area contributed by atoms with Crippen LogP contribution in [0, 0.1) is 5.92 Å². The number of aromatic nitrogens is 3. The first-order valence-electron chi connectivity index (χ1n) is 10.7. The van der Waals surface area contributed by atoms with Gasteiger partial charge in [0.15, 0.2) is 5.65 Å². The summed E-state index contributed by atoms with van der Waals surface area (Å²) >= 11 is 1.78. The summed E-state index contributed by atoms with van der Waals surface area (Å²) < 4.78 is 1.59. The van der Waals surface area contributed by atoms with E-state index in [4.69, 9.17) is 4.98 Å². The number of H-pyrrole nitrogens is 1. The first-order valence-corrected chi connectivity index (χ1v) is 11.6. The lowest BCUT2D eigenvalue weighted by molar-refractivity contribution is -0.135. The monoisotopic (exact) mass is 425 g/mol. The summed E-state index contributed by atoms with van der Waals surface area (Å²) in [5.41, 5.74) is 3.14. The number of nitrogens with zero attached hydrogens (tertiary/aromatic N) is 4. The number of nitrogens with one attached hydrogen (secondary N) is 1. The topological polar surface area (TPSA) is 73.7 Å². The molecule has 0 saturated carbocycles. The van der Waals surface area contributed by atoms with E-state index in [2.05, 4.69) is 27.5 Å². The predicted octanol–water partition coefficient (Wildman–Crippen LogP) is 2.96. The van der Waals surface area contributed by atoms with Crippen LogP contribution in [0.4, 0.5) is 0 Å². The highest BCUT2D eigenvalue weighted by molar-refractivity contribution is 7.09. The van der Waals surface area contributed by atoms with Gasteiger partial charge in [-0.1, -0.05) is 19.9 Å². The van der Waals surface area contributed by atoms with Gasteiger partial charge in [0.05, 0.1) is 24.0 Å². The van der Waals surface area contributed by atoms with E-state index in [1.54, 1.807) is 15.9 Å². The van der Waals surface area contributed by atoms with Crippen molar-refractivity contribution in [3.63, 3.8) is 0 Å². The largest absolute Gasteiger partial charge is 0.336 e. The Kier molecular flexibility index (Phi) is 4.99. The number of hydrogen-bond acceptors (Lipinski definition) is 5. The number of aromatic amines is 1. The highest BCUT2D eigenvalue weighted by Crippen LogP contribution is 2.33. The lowest BCUT2D eigenvalue weighted by Crippen LogP contribution is -2.41. The van der Waals surface area contributed by atoms with Gasteiger partial charge < -0.3 is 4.90 Å². The van der Waals surface area contributed by atoms with E-state index in [-0.39, 0.29) is 23.4 Å². The number of carbonyl (C=O) groups excluding carboxylic acids is 1. The summed E-state index contributed by atoms with van der Waals surface area (Å²) in [5.74, 6) is 0.0690. The van der Waals surface area contributed by atoms with Crippen molar-refractivity contribution in [3.8, 4) is 0 Å². The van der Waals surface area contributed by atoms with Crippen molar-refractivity contribution in [1.29, 1.82) is 0 Å². The molecule has 1 fully saturated rings. The summed E-state index contributed by atoms with van der Waals surface area (Å²) in [6, 6.07) is 6.55. The third-order valence-corrected chi connectivity index (χ3v) is 7.11. The minimum atomic E-state index is -0.0491. The number of carbonyl (C=O) groups is 1. The maximum absolute atomic E-state index is 13.1. The molecule has 8 heteroatoms. The molecule has 1 saturated heterocycles. The fourth-order valence-electron chi connectivity index (χ4n) is 4.71. The van der Waals surface area contributed by atoms with Gasteiger partial charge in [-0.05, 0) is 37.3 Å². The van der Waals surface area contributed by atoms with Crippen LogP contribution in [-0.4, -0.2) is 43.4 Å². The third kappa shape index (κ3) is 3.37. The van der Waals surface area contributed by atoms with Crippen LogP contribution >= 0.6 is 11.3 Å². The van der Waals surface area contributed by atoms with E-state index >= 15 is 0 Å². The molecule has 0 aliphatic carbocycles. The van der Waals surface area contributed by atoms with Crippen molar-refractivity contribution in [2.75, 3.05) is 13.1 Å². The Balaban J connectivity index is 1.46. The molecular weight excluding hydrogens is 398 g/mol. The predicted molar refractivity (Wildman–Crippen MR) is 116 cm³/mol. The van der Waals surface area contributed by atoms with E-state index in [1.165, 1.54) is 4.88 Å². The van der Waals surface area contributed by atoms with E-state index in [1.807, 2.05) is 24.8 Å². The Hall–Kier alpha value is -2.45. The molecule has 1 atom stereocenters. The van der Waals surface area contributed by atoms with Crippen molar-refractivity contribution < 1.29 is 4.79 Å². The van der Waals surface area contributed by atoms with Crippen LogP contribution in [0.1, 0.15) is 54.6 Å². The van der Waals surface area contributed by atoms with Gasteiger partial charge >= 0.3 is 0 Å². The van der Waals surface area contributed by atoms with Crippen molar-refractivity contribution >= 4 is 22.9 Å². The van der Waals surface area contributed by atoms with Crippen LogP contribution in [-0.2, 0) is 24.3 Å². The summed E-state index contributed by atoms with van der Waals surface area (Å²) in [7, 11) is 0. The van der Waals surface area contributed by atoms with Crippen LogP contribution in [0.2, 0.25) is 0 Å². The SMILES string of the molecule is CC(C)C(=O)N1CCc2c(nc3cc([C@H]4CCCN4Cc4cccs4)[nH]n3c2=O)C1. The van der Waals surface area contributed by atoms with Crippen LogP contribution in [0.15, 0.2) is 28.4 Å². The highest BCUT2D eigenvalue weighted by atomic mass is 32.1. The molecule has 30 heavy (non-hydrogen) atoms. The number of thiophene rings is 1. The average molecular weight is 426 g/mol. The second-order valence-corrected chi connectivity index (χ2v) is 9.65. The van der Waals surface area contributed by atoms with E-state index in [9.17, 15) is 9.59 Å². The fraction of sp³-hybridized carbons (Fsp3) is 0.500. The first kappa shape index (κ1) is 19.5. The molecule has 7 nitrogen and oxygen atoms in total. The van der Waals surface area contributed by atoms with E-state index in [0.717, 1.165) is 42.9 Å². The quantitative estimate of drug-likeness (QED) is 0.698. The van der Waals surface area contributed by atoms with Gasteiger partial charge in [-0.2, -0.15) is 0 Å². The minimum absolute atomic E-state index is 0.0271. The Bertz CT molecular complexity index is 1130. The van der Waals surface area contributed by atoms with Crippen LogP contribution < -0.4 is 5.56 Å². The molecule has 158 valence electrons. The van der Waals surface area contributed by atoms with Crippen LogP contribution in [0.25, 0.3) is 5.65 Å². The lowest BCUT2D eigenvalue weighted by atomic mass is 10.0. The maximum Gasteiger partial charge on any atom is 0.276 e. The molecule has 5 rings (SSSR count). The van der Waals surface area contributed by atoms with Crippen LogP contribution in [0.3, 0.4) is 0 Å². The first-order chi connectivity index (χ1) is 14.5. The number of hydrogen-bond donors (Lipinski definition) is 1. The van der Waals surface area contributed by atoms with Crippen molar-refractivity contribution in [1.82, 2.24) is 24.4 Å². The van der Waals surface area contributed by atoms with Crippen LogP contribution in [0.5, 0.6) is 0 Å². The number of amides is 1. The second kappa shape index (κ2) is 7.67. The fourth-order valence-corrected chi connectivity index (χ4v) is 5.44. The molecule has 1 N–H and O–H groups in total. The zero-order valence-corrected chi connectivity index (χ0v) is 18.2. The second-order valence-electron chi connectivity index (χ2n) is 8.62. The molecule has 0 spiro atoms. The number of likely N-dealkylation sites (tertiary alicyclic amines) is 1. The Morgan fingerprint density at radius 1 is 1.37 bits per heavy atom. The molecule has 3 aromatic rings. The van der Waals surface area contributed by atoms with Gasteiger partial charge in [0.25, 0.3) is 5.56 Å². The molecule has 5 heterocycles. The smallest absolute Gasteiger partial charge is 0.276 e. The summed E-state index contributed by atoms with van der Waals surface area (Å²) in [6.07, 6.45) is 2.78. The third-order valence-electron chi connectivity index (χ3n) is 6.25. The van der Waals surface area contributed by atoms with Gasteiger partial charge in [0.1, 0.15) is 0 Å². The van der Waals surface area contributed by atoms with E-state index < -0.39 is 0 Å². The average Bonchev–Trinajstić information content (AvgIpc) is 3.48. The van der Waals surface area contributed by atoms with Gasteiger partial charge in [0.2, 0.25) is 5.91 Å². The Morgan fingerprint density at radius 3 is 3.00 bits per heavy atom. The molecule has 2 aliphatic heterocycles. The summed E-state index contributed by atoms with van der Waals surface area (Å²) in [4.78, 5) is 36.0. The zero-order chi connectivity index (χ0) is 20.8. The van der Waals surface area contributed by atoms with Gasteiger partial charge in [-0.25, -0.2) is 9.50 Å². The number of fused-ring (bicyclic) bond motifs is 2. The summed E-state index contributed by atoms with van der Waals surface area (Å²) in [5, 5.41) is 5.46. The molecule has 3 aromatic heterocycles. The zero-order valence-electron chi connectivity index (χ0n) is 17.4. The molecule has 0 unspecified atom stereocenters. The van der Waals surface area contributed by atoms with Gasteiger partial charge in [-0.15, -0.1) is 11.3 Å². The molecule has 0 bridgehead atoms. The standard InChI is InChI=1S/C22H27N5O2S/c1-14(2)21(28)26-9-7-16-18(13-26)23-20-11-17(24-27(20)22(16)29)19-6-3-8-25(19)12-15-5-4-10-30-15/h4-5,10-11,14,19,24H,3,6-9,12-13H2,1-2H3/t19-/m1/s1. The Labute approximate surface area is 179 Å². The molecule has 0 aromatic carbocycles. The highest BCUT2D eigenvalue weighted by Gasteiger charge is 2.30. The molecule has 1 amide bonds. The van der Waals surface area contributed by atoms with Crippen molar-refractivity contribution in [2.24, 2.45) is 5.92 Å². The van der Waals surface area contributed by atoms with E-state index in [0.29, 0.717) is 25.2 Å². The minimum Gasteiger partial charge on any atom is -0.336 e. The molecule has 2 aliphatic rings. The summed E-state index contributed by atoms with van der Waals surface area (Å²) in [6.45, 7) is 6.81. The normalized spacial score (nSPS) is 19.7.